The molecule has 1 heterocycles. The molecule has 0 bridgehead atoms. The zero-order valence-corrected chi connectivity index (χ0v) is 18.3. The Kier molecular flexibility index (Phi) is 12.1. The van der Waals surface area contributed by atoms with Crippen LogP contribution in [0.4, 0.5) is 0 Å². The summed E-state index contributed by atoms with van der Waals surface area (Å²) in [6.07, 6.45) is 8.02. The van der Waals surface area contributed by atoms with Crippen LogP contribution in [-0.2, 0) is 4.79 Å². The van der Waals surface area contributed by atoms with Gasteiger partial charge in [-0.3, -0.25) is 9.69 Å². The Bertz CT molecular complexity index is 374. The lowest BCUT2D eigenvalue weighted by Crippen LogP contribution is -2.60. The largest absolute Gasteiger partial charge is 0.354 e. The molecule has 2 fully saturated rings. The van der Waals surface area contributed by atoms with Crippen molar-refractivity contribution in [2.75, 3.05) is 37.7 Å². The maximum absolute atomic E-state index is 12.8. The van der Waals surface area contributed by atoms with E-state index in [0.29, 0.717) is 6.54 Å². The highest BCUT2D eigenvalue weighted by Gasteiger charge is 2.40. The normalized spacial score (nSPS) is 20.9. The highest BCUT2D eigenvalue weighted by Crippen LogP contribution is 2.35. The summed E-state index contributed by atoms with van der Waals surface area (Å²) in [7, 11) is 0. The summed E-state index contributed by atoms with van der Waals surface area (Å²) in [6, 6.07) is 0. The molecular formula is C18H37Cl2N3OS. The minimum atomic E-state index is -0.381. The molecule has 3 N–H and O–H groups in total. The molecule has 0 aromatic heterocycles. The third kappa shape index (κ3) is 5.90. The van der Waals surface area contributed by atoms with E-state index >= 15 is 0 Å². The van der Waals surface area contributed by atoms with Gasteiger partial charge in [0.15, 0.2) is 0 Å². The molecular weight excluding hydrogens is 377 g/mol. The van der Waals surface area contributed by atoms with Gasteiger partial charge in [0.05, 0.1) is 5.41 Å². The Hall–Kier alpha value is 0.320. The molecule has 2 aliphatic rings. The third-order valence-electron chi connectivity index (χ3n) is 6.27. The van der Waals surface area contributed by atoms with E-state index in [0.717, 1.165) is 19.4 Å². The molecule has 1 saturated heterocycles. The van der Waals surface area contributed by atoms with Gasteiger partial charge >= 0.3 is 0 Å². The van der Waals surface area contributed by atoms with Crippen molar-refractivity contribution in [1.29, 1.82) is 0 Å². The van der Waals surface area contributed by atoms with Gasteiger partial charge in [-0.2, -0.15) is 11.8 Å². The number of rotatable bonds is 7. The molecule has 1 amide bonds. The van der Waals surface area contributed by atoms with Crippen molar-refractivity contribution < 1.29 is 4.79 Å². The minimum Gasteiger partial charge on any atom is -0.354 e. The van der Waals surface area contributed by atoms with Gasteiger partial charge < -0.3 is 11.1 Å². The lowest BCUT2D eigenvalue weighted by molar-refractivity contribution is -0.132. The molecule has 4 nitrogen and oxygen atoms in total. The van der Waals surface area contributed by atoms with Crippen LogP contribution in [0.5, 0.6) is 0 Å². The van der Waals surface area contributed by atoms with Crippen molar-refractivity contribution in [1.82, 2.24) is 10.2 Å². The maximum Gasteiger partial charge on any atom is 0.227 e. The van der Waals surface area contributed by atoms with Crippen LogP contribution in [0, 0.1) is 5.41 Å². The first-order valence-corrected chi connectivity index (χ1v) is 10.6. The summed E-state index contributed by atoms with van der Waals surface area (Å²) in [5, 5.41) is 3.32. The van der Waals surface area contributed by atoms with E-state index in [2.05, 4.69) is 35.8 Å². The van der Waals surface area contributed by atoms with Crippen molar-refractivity contribution in [2.24, 2.45) is 11.1 Å². The lowest BCUT2D eigenvalue weighted by Gasteiger charge is -2.48. The highest BCUT2D eigenvalue weighted by atomic mass is 35.5. The fraction of sp³-hybridized carbons (Fsp3) is 0.944. The monoisotopic (exact) mass is 413 g/mol. The Morgan fingerprint density at radius 2 is 1.68 bits per heavy atom. The van der Waals surface area contributed by atoms with Crippen LogP contribution >= 0.6 is 36.6 Å². The van der Waals surface area contributed by atoms with E-state index in [1.807, 2.05) is 0 Å². The standard InChI is InChI=1S/C18H35N3OS.2ClH/c1-3-17(4-2,14-19)16(22)20-15-18(8-6-5-7-9-18)21-10-12-23-13-11-21;;/h3-15,19H2,1-2H3,(H,20,22);2*1H. The fourth-order valence-electron chi connectivity index (χ4n) is 4.24. The Labute approximate surface area is 170 Å². The summed E-state index contributed by atoms with van der Waals surface area (Å²) < 4.78 is 0. The number of amides is 1. The molecule has 1 saturated carbocycles. The Morgan fingerprint density at radius 1 is 1.12 bits per heavy atom. The molecule has 0 atom stereocenters. The first-order chi connectivity index (χ1) is 11.1. The van der Waals surface area contributed by atoms with Gasteiger partial charge in [-0.05, 0) is 25.7 Å². The van der Waals surface area contributed by atoms with E-state index in [4.69, 9.17) is 5.73 Å². The fourth-order valence-corrected chi connectivity index (χ4v) is 5.14. The van der Waals surface area contributed by atoms with Gasteiger partial charge in [0.25, 0.3) is 0 Å². The zero-order valence-electron chi connectivity index (χ0n) is 15.8. The molecule has 0 radical (unpaired) electrons. The second kappa shape index (κ2) is 11.9. The predicted octanol–water partition coefficient (Wildman–Crippen LogP) is 3.46. The summed E-state index contributed by atoms with van der Waals surface area (Å²) in [5.74, 6) is 2.62. The van der Waals surface area contributed by atoms with Gasteiger partial charge in [0.1, 0.15) is 0 Å². The van der Waals surface area contributed by atoms with E-state index in [1.165, 1.54) is 56.7 Å². The summed E-state index contributed by atoms with van der Waals surface area (Å²) in [6.45, 7) is 7.74. The van der Waals surface area contributed by atoms with Gasteiger partial charge in [0, 0.05) is 43.2 Å². The van der Waals surface area contributed by atoms with Crippen molar-refractivity contribution in [2.45, 2.75) is 64.3 Å². The molecule has 0 unspecified atom stereocenters. The summed E-state index contributed by atoms with van der Waals surface area (Å²) in [5.41, 5.74) is 5.75. The van der Waals surface area contributed by atoms with Gasteiger partial charge in [0.2, 0.25) is 5.91 Å². The van der Waals surface area contributed by atoms with Crippen LogP contribution in [-0.4, -0.2) is 54.0 Å². The predicted molar refractivity (Wildman–Crippen MR) is 114 cm³/mol. The quantitative estimate of drug-likeness (QED) is 0.670. The highest BCUT2D eigenvalue weighted by molar-refractivity contribution is 7.99. The third-order valence-corrected chi connectivity index (χ3v) is 7.21. The molecule has 0 aromatic carbocycles. The second-order valence-corrected chi connectivity index (χ2v) is 8.48. The molecule has 0 aromatic rings. The Balaban J connectivity index is 0.00000288. The van der Waals surface area contributed by atoms with Crippen molar-refractivity contribution >= 4 is 42.5 Å². The van der Waals surface area contributed by atoms with Crippen molar-refractivity contribution in [3.05, 3.63) is 0 Å². The van der Waals surface area contributed by atoms with Crippen LogP contribution < -0.4 is 11.1 Å². The molecule has 7 heteroatoms. The van der Waals surface area contributed by atoms with Crippen LogP contribution in [0.25, 0.3) is 0 Å². The number of hydrogen-bond acceptors (Lipinski definition) is 4. The van der Waals surface area contributed by atoms with Crippen molar-refractivity contribution in [3.63, 3.8) is 0 Å². The summed E-state index contributed by atoms with van der Waals surface area (Å²) >= 11 is 2.06. The zero-order chi connectivity index (χ0) is 16.8. The second-order valence-electron chi connectivity index (χ2n) is 7.26. The molecule has 1 aliphatic heterocycles. The van der Waals surface area contributed by atoms with Gasteiger partial charge in [-0.1, -0.05) is 33.1 Å². The van der Waals surface area contributed by atoms with Crippen molar-refractivity contribution in [3.8, 4) is 0 Å². The van der Waals surface area contributed by atoms with E-state index in [1.54, 1.807) is 0 Å². The number of carbonyl (C=O) groups excluding carboxylic acids is 1. The number of halogens is 2. The number of nitrogens with zero attached hydrogens (tertiary/aromatic N) is 1. The maximum atomic E-state index is 12.8. The number of nitrogens with one attached hydrogen (secondary N) is 1. The number of hydrogen-bond donors (Lipinski definition) is 2. The topological polar surface area (TPSA) is 58.4 Å². The average molecular weight is 414 g/mol. The number of nitrogens with two attached hydrogens (primary N) is 1. The number of carbonyl (C=O) groups is 1. The molecule has 1 aliphatic carbocycles. The van der Waals surface area contributed by atoms with E-state index in [9.17, 15) is 4.79 Å². The van der Waals surface area contributed by atoms with Crippen LogP contribution in [0.15, 0.2) is 0 Å². The van der Waals surface area contributed by atoms with Gasteiger partial charge in [-0.15, -0.1) is 24.8 Å². The molecule has 0 spiro atoms. The average Bonchev–Trinajstić information content (AvgIpc) is 2.63. The van der Waals surface area contributed by atoms with Crippen LogP contribution in [0.2, 0.25) is 0 Å². The van der Waals surface area contributed by atoms with Gasteiger partial charge in [-0.25, -0.2) is 0 Å². The smallest absolute Gasteiger partial charge is 0.227 e. The van der Waals surface area contributed by atoms with E-state index < -0.39 is 0 Å². The SMILES string of the molecule is CCC(CC)(CN)C(=O)NCC1(N2CCSCC2)CCCCC1.Cl.Cl. The summed E-state index contributed by atoms with van der Waals surface area (Å²) in [4.78, 5) is 15.5. The molecule has 150 valence electrons. The number of thioether (sulfide) groups is 1. The molecule has 25 heavy (non-hydrogen) atoms. The first-order valence-electron chi connectivity index (χ1n) is 9.43. The molecule has 2 rings (SSSR count). The lowest BCUT2D eigenvalue weighted by atomic mass is 9.78. The Morgan fingerprint density at radius 3 is 2.16 bits per heavy atom. The van der Waals surface area contributed by atoms with E-state index in [-0.39, 0.29) is 41.7 Å². The van der Waals surface area contributed by atoms with Crippen LogP contribution in [0.3, 0.4) is 0 Å². The van der Waals surface area contributed by atoms with Crippen LogP contribution in [0.1, 0.15) is 58.8 Å². The minimum absolute atomic E-state index is 0. The first kappa shape index (κ1) is 25.3.